The van der Waals surface area contributed by atoms with Crippen LogP contribution in [-0.4, -0.2) is 40.4 Å². The van der Waals surface area contributed by atoms with Crippen molar-refractivity contribution in [2.75, 3.05) is 18.9 Å². The topological polar surface area (TPSA) is 191 Å². The van der Waals surface area contributed by atoms with Gasteiger partial charge in [0.15, 0.2) is 11.5 Å². The molecule has 0 aliphatic heterocycles. The SMILES string of the molecule is COc1cc(/C=C/C(=O)[O-])cc(S(=O)(=O)Nc2cc(C(N)=O)cc(C(N)=O)c2)c1OC. The molecule has 0 aliphatic carbocycles. The van der Waals surface area contributed by atoms with Crippen molar-refractivity contribution in [2.24, 2.45) is 11.5 Å². The molecular weight excluding hydrogens is 430 g/mol. The van der Waals surface area contributed by atoms with Gasteiger partial charge in [-0.1, -0.05) is 6.08 Å². The van der Waals surface area contributed by atoms with Gasteiger partial charge in [-0.3, -0.25) is 14.3 Å². The number of sulfonamides is 1. The first-order valence-corrected chi connectivity index (χ1v) is 9.89. The number of hydrogen-bond acceptors (Lipinski definition) is 8. The van der Waals surface area contributed by atoms with E-state index in [1.165, 1.54) is 20.3 Å². The van der Waals surface area contributed by atoms with Crippen molar-refractivity contribution in [3.05, 3.63) is 53.1 Å². The van der Waals surface area contributed by atoms with E-state index in [4.69, 9.17) is 20.9 Å². The van der Waals surface area contributed by atoms with Crippen LogP contribution in [0.5, 0.6) is 11.5 Å². The number of carbonyl (C=O) groups is 3. The minimum Gasteiger partial charge on any atom is -0.545 e. The molecule has 0 spiro atoms. The Labute approximate surface area is 177 Å². The molecule has 0 saturated heterocycles. The Hall–Kier alpha value is -4.06. The summed E-state index contributed by atoms with van der Waals surface area (Å²) in [6, 6.07) is 5.86. The van der Waals surface area contributed by atoms with Gasteiger partial charge in [0.2, 0.25) is 11.8 Å². The maximum Gasteiger partial charge on any atom is 0.265 e. The third kappa shape index (κ3) is 5.51. The second-order valence-electron chi connectivity index (χ2n) is 6.04. The number of carboxylic acid groups (broad SMARTS) is 1. The number of carbonyl (C=O) groups excluding carboxylic acids is 3. The maximum absolute atomic E-state index is 13.1. The number of benzene rings is 2. The molecule has 2 amide bonds. The molecule has 0 bridgehead atoms. The first kappa shape index (κ1) is 23.2. The minimum absolute atomic E-state index is 0.00656. The lowest BCUT2D eigenvalue weighted by Crippen LogP contribution is -2.19. The van der Waals surface area contributed by atoms with Gasteiger partial charge in [0.25, 0.3) is 10.0 Å². The standard InChI is InChI=1S/C19H19N3O8S/c1-29-14-5-10(3-4-16(23)24)6-15(17(14)30-2)31(27,28)22-13-8-11(18(20)25)7-12(9-13)19(21)26/h3-9,22H,1-2H3,(H2,20,25)(H2,21,26)(H,23,24)/p-1/b4-3+. The number of methoxy groups -OCH3 is 2. The zero-order valence-electron chi connectivity index (χ0n) is 16.4. The number of aliphatic carboxylic acids is 1. The molecule has 0 fully saturated rings. The molecule has 0 atom stereocenters. The number of primary amides is 2. The number of amides is 2. The third-order valence-electron chi connectivity index (χ3n) is 3.92. The van der Waals surface area contributed by atoms with E-state index in [0.29, 0.717) is 6.08 Å². The smallest absolute Gasteiger partial charge is 0.265 e. The molecule has 2 aromatic carbocycles. The van der Waals surface area contributed by atoms with E-state index in [1.807, 2.05) is 0 Å². The molecule has 164 valence electrons. The third-order valence-corrected chi connectivity index (χ3v) is 5.31. The summed E-state index contributed by atoms with van der Waals surface area (Å²) in [5.41, 5.74) is 10.1. The normalized spacial score (nSPS) is 11.2. The Bertz CT molecular complexity index is 1160. The van der Waals surface area contributed by atoms with E-state index in [9.17, 15) is 27.9 Å². The largest absolute Gasteiger partial charge is 0.545 e. The van der Waals surface area contributed by atoms with Crippen molar-refractivity contribution in [1.82, 2.24) is 0 Å². The van der Waals surface area contributed by atoms with E-state index >= 15 is 0 Å². The highest BCUT2D eigenvalue weighted by Crippen LogP contribution is 2.37. The van der Waals surface area contributed by atoms with Crippen LogP contribution in [0.1, 0.15) is 26.3 Å². The number of nitrogens with two attached hydrogens (primary N) is 2. The zero-order valence-corrected chi connectivity index (χ0v) is 17.2. The van der Waals surface area contributed by atoms with Crippen molar-refractivity contribution >= 4 is 39.6 Å². The van der Waals surface area contributed by atoms with Crippen molar-refractivity contribution in [3.8, 4) is 11.5 Å². The van der Waals surface area contributed by atoms with Crippen LogP contribution in [0.3, 0.4) is 0 Å². The van der Waals surface area contributed by atoms with Crippen LogP contribution in [0, 0.1) is 0 Å². The number of anilines is 1. The van der Waals surface area contributed by atoms with Crippen LogP contribution >= 0.6 is 0 Å². The summed E-state index contributed by atoms with van der Waals surface area (Å²) < 4.78 is 38.6. The molecule has 12 heteroatoms. The Balaban J connectivity index is 2.64. The summed E-state index contributed by atoms with van der Waals surface area (Å²) in [5, 5.41) is 10.7. The van der Waals surface area contributed by atoms with E-state index in [0.717, 1.165) is 30.3 Å². The number of ether oxygens (including phenoxy) is 2. The van der Waals surface area contributed by atoms with Gasteiger partial charge in [-0.05, 0) is 42.0 Å². The lowest BCUT2D eigenvalue weighted by atomic mass is 10.1. The molecule has 2 aromatic rings. The number of hydrogen-bond donors (Lipinski definition) is 3. The molecule has 31 heavy (non-hydrogen) atoms. The molecule has 0 unspecified atom stereocenters. The molecule has 0 saturated carbocycles. The van der Waals surface area contributed by atoms with Gasteiger partial charge >= 0.3 is 0 Å². The van der Waals surface area contributed by atoms with Gasteiger partial charge in [-0.15, -0.1) is 0 Å². The monoisotopic (exact) mass is 448 g/mol. The van der Waals surface area contributed by atoms with Crippen molar-refractivity contribution in [1.29, 1.82) is 0 Å². The fraction of sp³-hybridized carbons (Fsp3) is 0.105. The molecule has 0 radical (unpaired) electrons. The van der Waals surface area contributed by atoms with Crippen LogP contribution in [0.25, 0.3) is 6.08 Å². The molecule has 0 aromatic heterocycles. The predicted octanol–water partition coefficient (Wildman–Crippen LogP) is -0.534. The molecular formula is C19H18N3O8S-. The first-order chi connectivity index (χ1) is 14.5. The lowest BCUT2D eigenvalue weighted by Gasteiger charge is -2.16. The van der Waals surface area contributed by atoms with Crippen LogP contribution in [0.2, 0.25) is 0 Å². The van der Waals surface area contributed by atoms with Crippen molar-refractivity contribution < 1.29 is 37.4 Å². The van der Waals surface area contributed by atoms with Crippen LogP contribution in [0.15, 0.2) is 41.3 Å². The van der Waals surface area contributed by atoms with Crippen molar-refractivity contribution in [3.63, 3.8) is 0 Å². The van der Waals surface area contributed by atoms with E-state index in [2.05, 4.69) is 4.72 Å². The van der Waals surface area contributed by atoms with Gasteiger partial charge < -0.3 is 30.8 Å². The number of nitrogens with one attached hydrogen (secondary N) is 1. The summed E-state index contributed by atoms with van der Waals surface area (Å²) in [5.74, 6) is -3.46. The van der Waals surface area contributed by atoms with E-state index in [-0.39, 0.29) is 33.9 Å². The Morgan fingerprint density at radius 1 is 0.968 bits per heavy atom. The summed E-state index contributed by atoms with van der Waals surface area (Å²) in [6.45, 7) is 0. The van der Waals surface area contributed by atoms with Crippen LogP contribution in [0.4, 0.5) is 5.69 Å². The van der Waals surface area contributed by atoms with Gasteiger partial charge in [0.1, 0.15) is 4.90 Å². The molecule has 2 rings (SSSR count). The molecule has 0 heterocycles. The number of carboxylic acids is 1. The summed E-state index contributed by atoms with van der Waals surface area (Å²) in [7, 11) is -1.91. The summed E-state index contributed by atoms with van der Waals surface area (Å²) in [6.07, 6.45) is 1.82. The van der Waals surface area contributed by atoms with E-state index < -0.39 is 32.7 Å². The predicted molar refractivity (Wildman–Crippen MR) is 108 cm³/mol. The number of rotatable bonds is 9. The Morgan fingerprint density at radius 3 is 2.00 bits per heavy atom. The van der Waals surface area contributed by atoms with Crippen molar-refractivity contribution in [2.45, 2.75) is 4.90 Å². The van der Waals surface area contributed by atoms with Gasteiger partial charge in [-0.2, -0.15) is 0 Å². The second kappa shape index (κ2) is 9.17. The molecule has 0 aliphatic rings. The minimum atomic E-state index is -4.39. The highest BCUT2D eigenvalue weighted by molar-refractivity contribution is 7.92. The molecule has 11 nitrogen and oxygen atoms in total. The lowest BCUT2D eigenvalue weighted by molar-refractivity contribution is -0.297. The summed E-state index contributed by atoms with van der Waals surface area (Å²) in [4.78, 5) is 33.3. The molecule has 5 N–H and O–H groups in total. The first-order valence-electron chi connectivity index (χ1n) is 8.41. The quantitative estimate of drug-likeness (QED) is 0.426. The second-order valence-corrected chi connectivity index (χ2v) is 7.69. The fourth-order valence-electron chi connectivity index (χ4n) is 2.59. The highest BCUT2D eigenvalue weighted by atomic mass is 32.2. The van der Waals surface area contributed by atoms with Crippen LogP contribution in [-0.2, 0) is 14.8 Å². The average Bonchev–Trinajstić information content (AvgIpc) is 2.70. The van der Waals surface area contributed by atoms with Gasteiger partial charge in [0, 0.05) is 11.1 Å². The van der Waals surface area contributed by atoms with Gasteiger partial charge in [-0.25, -0.2) is 8.42 Å². The maximum atomic E-state index is 13.1. The Kier molecular flexibility index (Phi) is 6.87. The average molecular weight is 448 g/mol. The highest BCUT2D eigenvalue weighted by Gasteiger charge is 2.24. The zero-order chi connectivity index (χ0) is 23.3. The van der Waals surface area contributed by atoms with Gasteiger partial charge in [0.05, 0.1) is 25.9 Å². The van der Waals surface area contributed by atoms with Crippen LogP contribution < -0.4 is 30.8 Å². The summed E-state index contributed by atoms with van der Waals surface area (Å²) >= 11 is 0. The van der Waals surface area contributed by atoms with E-state index in [1.54, 1.807) is 0 Å². The Morgan fingerprint density at radius 2 is 1.55 bits per heavy atom. The fourth-order valence-corrected chi connectivity index (χ4v) is 3.85.